The van der Waals surface area contributed by atoms with Gasteiger partial charge < -0.3 is 9.88 Å². The summed E-state index contributed by atoms with van der Waals surface area (Å²) in [5.74, 6) is -0.1000. The number of halogens is 1. The zero-order valence-electron chi connectivity index (χ0n) is 13.3. The van der Waals surface area contributed by atoms with Gasteiger partial charge in [0.15, 0.2) is 5.82 Å². The Labute approximate surface area is 149 Å². The Morgan fingerprint density at radius 1 is 1.42 bits per heavy atom. The maximum absolute atomic E-state index is 12.7. The molecule has 0 unspecified atom stereocenters. The molecule has 1 heterocycles. The number of carbonyl (C=O) groups excluding carboxylic acids is 1. The lowest BCUT2D eigenvalue weighted by Gasteiger charge is -2.23. The summed E-state index contributed by atoms with van der Waals surface area (Å²) in [7, 11) is 1.73. The molecule has 6 heteroatoms. The summed E-state index contributed by atoms with van der Waals surface area (Å²) in [5.41, 5.74) is 3.45. The number of nitrogens with zero attached hydrogens (tertiary/aromatic N) is 3. The number of benzene rings is 1. The standard InChI is InChI=1S/C18H17BrN4O/c1-23(18(24)17-21-11-14(10-20)22-17)16-8-7-13(19)9-15(16)12-5-3-2-4-6-12/h5,7-9,11H,2-4,6H2,1H3,(H,21,22). The predicted octanol–water partition coefficient (Wildman–Crippen LogP) is 4.28. The Hall–Kier alpha value is -2.39. The number of nitriles is 1. The number of amides is 1. The number of H-pyrrole nitrogens is 1. The van der Waals surface area contributed by atoms with Crippen LogP contribution < -0.4 is 4.90 Å². The molecule has 1 amide bonds. The molecule has 1 aliphatic carbocycles. The first-order valence-electron chi connectivity index (χ1n) is 7.82. The van der Waals surface area contributed by atoms with E-state index in [2.05, 4.69) is 38.0 Å². The number of hydrogen-bond donors (Lipinski definition) is 1. The zero-order chi connectivity index (χ0) is 17.1. The number of imidazole rings is 1. The van der Waals surface area contributed by atoms with Crippen molar-refractivity contribution in [1.82, 2.24) is 9.97 Å². The van der Waals surface area contributed by atoms with E-state index in [1.807, 2.05) is 18.2 Å². The highest BCUT2D eigenvalue weighted by molar-refractivity contribution is 9.10. The van der Waals surface area contributed by atoms with Gasteiger partial charge >= 0.3 is 0 Å². The van der Waals surface area contributed by atoms with E-state index in [1.54, 1.807) is 11.9 Å². The quantitative estimate of drug-likeness (QED) is 0.857. The summed E-state index contributed by atoms with van der Waals surface area (Å²) in [5, 5.41) is 8.87. The fraction of sp³-hybridized carbons (Fsp3) is 0.278. The van der Waals surface area contributed by atoms with Crippen LogP contribution in [0, 0.1) is 11.3 Å². The molecule has 1 aromatic heterocycles. The molecule has 0 aliphatic heterocycles. The molecule has 0 bridgehead atoms. The van der Waals surface area contributed by atoms with E-state index in [0.29, 0.717) is 0 Å². The molecule has 2 aromatic rings. The van der Waals surface area contributed by atoms with E-state index in [-0.39, 0.29) is 17.4 Å². The van der Waals surface area contributed by atoms with Crippen LogP contribution in [0.4, 0.5) is 5.69 Å². The van der Waals surface area contributed by atoms with Gasteiger partial charge in [0.25, 0.3) is 5.91 Å². The lowest BCUT2D eigenvalue weighted by Crippen LogP contribution is -2.28. The molecule has 5 nitrogen and oxygen atoms in total. The summed E-state index contributed by atoms with van der Waals surface area (Å²) in [6.45, 7) is 0. The number of aromatic nitrogens is 2. The number of nitrogens with one attached hydrogen (secondary N) is 1. The van der Waals surface area contributed by atoms with Crippen molar-refractivity contribution < 1.29 is 4.79 Å². The maximum atomic E-state index is 12.7. The van der Waals surface area contributed by atoms with Crippen LogP contribution >= 0.6 is 15.9 Å². The van der Waals surface area contributed by atoms with Crippen LogP contribution in [0.1, 0.15) is 47.6 Å². The minimum absolute atomic E-state index is 0.167. The first-order valence-corrected chi connectivity index (χ1v) is 8.61. The lowest BCUT2D eigenvalue weighted by atomic mass is 9.92. The fourth-order valence-corrected chi connectivity index (χ4v) is 3.26. The smallest absolute Gasteiger partial charge is 0.293 e. The molecule has 0 atom stereocenters. The summed E-state index contributed by atoms with van der Waals surface area (Å²) < 4.78 is 0.985. The number of allylic oxidation sites excluding steroid dienone is 2. The second-order valence-electron chi connectivity index (χ2n) is 5.76. The molecule has 0 saturated heterocycles. The summed E-state index contributed by atoms with van der Waals surface area (Å²) in [6, 6.07) is 7.86. The molecular formula is C18H17BrN4O. The van der Waals surface area contributed by atoms with E-state index in [4.69, 9.17) is 5.26 Å². The first kappa shape index (κ1) is 16.5. The van der Waals surface area contributed by atoms with Crippen LogP contribution in [0.15, 0.2) is 34.9 Å². The van der Waals surface area contributed by atoms with Crippen LogP contribution in [0.25, 0.3) is 5.57 Å². The van der Waals surface area contributed by atoms with Crippen LogP contribution in [0.2, 0.25) is 0 Å². The topological polar surface area (TPSA) is 72.8 Å². The second-order valence-corrected chi connectivity index (χ2v) is 6.67. The van der Waals surface area contributed by atoms with E-state index >= 15 is 0 Å². The average Bonchev–Trinajstić information content (AvgIpc) is 3.10. The van der Waals surface area contributed by atoms with Gasteiger partial charge in [-0.1, -0.05) is 22.0 Å². The number of hydrogen-bond acceptors (Lipinski definition) is 3. The Morgan fingerprint density at radius 3 is 2.92 bits per heavy atom. The minimum atomic E-state index is -0.267. The third-order valence-corrected chi connectivity index (χ3v) is 4.65. The Morgan fingerprint density at radius 2 is 2.25 bits per heavy atom. The zero-order valence-corrected chi connectivity index (χ0v) is 14.9. The minimum Gasteiger partial charge on any atom is -0.326 e. The molecular weight excluding hydrogens is 368 g/mol. The largest absolute Gasteiger partial charge is 0.326 e. The highest BCUT2D eigenvalue weighted by Crippen LogP contribution is 2.35. The van der Waals surface area contributed by atoms with Gasteiger partial charge in [-0.2, -0.15) is 5.26 Å². The average molecular weight is 385 g/mol. The van der Waals surface area contributed by atoms with E-state index in [1.165, 1.54) is 24.6 Å². The van der Waals surface area contributed by atoms with E-state index in [0.717, 1.165) is 28.6 Å². The van der Waals surface area contributed by atoms with E-state index in [9.17, 15) is 4.79 Å². The molecule has 1 aliphatic rings. The highest BCUT2D eigenvalue weighted by atomic mass is 79.9. The number of aromatic amines is 1. The number of carbonyl (C=O) groups is 1. The van der Waals surface area contributed by atoms with Crippen LogP contribution in [-0.4, -0.2) is 22.9 Å². The lowest BCUT2D eigenvalue weighted by molar-refractivity contribution is 0.0984. The SMILES string of the molecule is CN(C(=O)c1ncc(C#N)[nH]1)c1ccc(Br)cc1C1=CCCCC1. The first-order chi connectivity index (χ1) is 11.6. The third kappa shape index (κ3) is 3.26. The van der Waals surface area contributed by atoms with Crippen molar-refractivity contribution in [3.8, 4) is 6.07 Å². The summed E-state index contributed by atoms with van der Waals surface area (Å²) >= 11 is 3.52. The van der Waals surface area contributed by atoms with Crippen molar-refractivity contribution in [2.24, 2.45) is 0 Å². The highest BCUT2D eigenvalue weighted by Gasteiger charge is 2.21. The maximum Gasteiger partial charge on any atom is 0.293 e. The second kappa shape index (κ2) is 7.02. The van der Waals surface area contributed by atoms with Gasteiger partial charge in [0, 0.05) is 17.1 Å². The number of rotatable bonds is 3. The van der Waals surface area contributed by atoms with Crippen molar-refractivity contribution in [3.05, 3.63) is 52.0 Å². The van der Waals surface area contributed by atoms with Crippen molar-refractivity contribution in [3.63, 3.8) is 0 Å². The van der Waals surface area contributed by atoms with Crippen molar-refractivity contribution in [2.75, 3.05) is 11.9 Å². The molecule has 1 N–H and O–H groups in total. The van der Waals surface area contributed by atoms with Gasteiger partial charge in [0.1, 0.15) is 11.8 Å². The monoisotopic (exact) mass is 384 g/mol. The van der Waals surface area contributed by atoms with Gasteiger partial charge in [0.2, 0.25) is 0 Å². The van der Waals surface area contributed by atoms with Gasteiger partial charge in [-0.15, -0.1) is 0 Å². The summed E-state index contributed by atoms with van der Waals surface area (Å²) in [4.78, 5) is 21.0. The van der Waals surface area contributed by atoms with Gasteiger partial charge in [0.05, 0.1) is 11.9 Å². The molecule has 0 radical (unpaired) electrons. The molecule has 0 fully saturated rings. The Bertz CT molecular complexity index is 847. The Kier molecular flexibility index (Phi) is 4.81. The molecule has 3 rings (SSSR count). The van der Waals surface area contributed by atoms with Crippen LogP contribution in [0.3, 0.4) is 0 Å². The van der Waals surface area contributed by atoms with Gasteiger partial charge in [-0.25, -0.2) is 4.98 Å². The molecule has 0 saturated carbocycles. The summed E-state index contributed by atoms with van der Waals surface area (Å²) in [6.07, 6.45) is 8.10. The molecule has 1 aromatic carbocycles. The fourth-order valence-electron chi connectivity index (χ4n) is 2.90. The van der Waals surface area contributed by atoms with Crippen LogP contribution in [-0.2, 0) is 0 Å². The predicted molar refractivity (Wildman–Crippen MR) is 96.6 cm³/mol. The number of anilines is 1. The van der Waals surface area contributed by atoms with Gasteiger partial charge in [-0.3, -0.25) is 4.79 Å². The van der Waals surface area contributed by atoms with Crippen molar-refractivity contribution in [2.45, 2.75) is 25.7 Å². The van der Waals surface area contributed by atoms with E-state index < -0.39 is 0 Å². The Balaban J connectivity index is 1.97. The van der Waals surface area contributed by atoms with Gasteiger partial charge in [-0.05, 0) is 49.5 Å². The van der Waals surface area contributed by atoms with Crippen molar-refractivity contribution in [1.29, 1.82) is 5.26 Å². The molecule has 24 heavy (non-hydrogen) atoms. The molecule has 0 spiro atoms. The van der Waals surface area contributed by atoms with Crippen molar-refractivity contribution >= 4 is 33.1 Å². The third-order valence-electron chi connectivity index (χ3n) is 4.16. The molecule has 122 valence electrons. The normalized spacial score (nSPS) is 14.0. The van der Waals surface area contributed by atoms with Crippen LogP contribution in [0.5, 0.6) is 0 Å².